The largest absolute Gasteiger partial charge is 0.573 e. The number of aromatic nitrogens is 2. The fourth-order valence-corrected chi connectivity index (χ4v) is 8.44. The number of rotatable bonds is 10. The van der Waals surface area contributed by atoms with Crippen molar-refractivity contribution in [1.82, 2.24) is 15.6 Å². The number of benzene rings is 2. The van der Waals surface area contributed by atoms with Gasteiger partial charge in [0.1, 0.15) is 23.0 Å². The van der Waals surface area contributed by atoms with Gasteiger partial charge in [-0.25, -0.2) is 10.8 Å². The molecule has 0 saturated heterocycles. The SMILES string of the molecule is N=C(NN)c1cc(C2CC2)c2nc(NC3C4CCC3CC(OCc3c(-c5ccccc5OC(F)(F)F)noc3C3CC3)C4)sc2c1. The Morgan fingerprint density at radius 3 is 2.48 bits per heavy atom. The lowest BCUT2D eigenvalue weighted by Gasteiger charge is -2.35. The third kappa shape index (κ3) is 5.84. The Morgan fingerprint density at radius 1 is 1.04 bits per heavy atom. The zero-order chi connectivity index (χ0) is 31.6. The molecule has 2 heterocycles. The van der Waals surface area contributed by atoms with E-state index in [2.05, 4.69) is 26.7 Å². The molecular formula is C33H35F3N6O3S. The number of halogens is 3. The van der Waals surface area contributed by atoms with Gasteiger partial charge in [-0.15, -0.1) is 13.2 Å². The van der Waals surface area contributed by atoms with Crippen LogP contribution in [0, 0.1) is 17.2 Å². The Hall–Kier alpha value is -3.68. The average molecular weight is 653 g/mol. The number of fused-ring (bicyclic) bond motifs is 3. The van der Waals surface area contributed by atoms with Crippen LogP contribution in [0.5, 0.6) is 5.75 Å². The summed E-state index contributed by atoms with van der Waals surface area (Å²) < 4.78 is 57.1. The molecule has 0 radical (unpaired) electrons. The molecule has 4 fully saturated rings. The Morgan fingerprint density at radius 2 is 1.78 bits per heavy atom. The number of hydrazine groups is 1. The van der Waals surface area contributed by atoms with Crippen LogP contribution in [0.1, 0.15) is 85.7 Å². The van der Waals surface area contributed by atoms with Crippen LogP contribution in [0.25, 0.3) is 21.5 Å². The summed E-state index contributed by atoms with van der Waals surface area (Å²) in [5, 5.41) is 17.1. The van der Waals surface area contributed by atoms with E-state index >= 15 is 0 Å². The minimum absolute atomic E-state index is 0.0289. The molecule has 13 heteroatoms. The molecule has 9 nitrogen and oxygen atoms in total. The smallest absolute Gasteiger partial charge is 0.405 e. The molecule has 2 unspecified atom stereocenters. The molecule has 2 aromatic heterocycles. The van der Waals surface area contributed by atoms with Crippen molar-refractivity contribution in [3.05, 3.63) is 58.8 Å². The molecule has 2 bridgehead atoms. The second-order valence-corrected chi connectivity index (χ2v) is 14.1. The number of amidine groups is 1. The van der Waals surface area contributed by atoms with E-state index in [0.29, 0.717) is 40.8 Å². The molecule has 4 aliphatic carbocycles. The second kappa shape index (κ2) is 11.5. The minimum Gasteiger partial charge on any atom is -0.405 e. The van der Waals surface area contributed by atoms with Gasteiger partial charge in [0.15, 0.2) is 5.13 Å². The van der Waals surface area contributed by atoms with E-state index in [1.165, 1.54) is 17.7 Å². The first-order chi connectivity index (χ1) is 22.2. The monoisotopic (exact) mass is 652 g/mol. The number of ether oxygens (including phenoxy) is 2. The van der Waals surface area contributed by atoms with Crippen molar-refractivity contribution in [2.45, 2.75) is 88.3 Å². The van der Waals surface area contributed by atoms with Crippen LogP contribution in [0.3, 0.4) is 0 Å². The van der Waals surface area contributed by atoms with Gasteiger partial charge in [0.25, 0.3) is 0 Å². The molecule has 0 aliphatic heterocycles. The highest BCUT2D eigenvalue weighted by Crippen LogP contribution is 2.49. The first-order valence-electron chi connectivity index (χ1n) is 16.0. The summed E-state index contributed by atoms with van der Waals surface area (Å²) in [7, 11) is 0. The number of alkyl halides is 3. The summed E-state index contributed by atoms with van der Waals surface area (Å²) in [4.78, 5) is 5.04. The van der Waals surface area contributed by atoms with Crippen molar-refractivity contribution in [2.24, 2.45) is 17.7 Å². The maximum absolute atomic E-state index is 13.2. The zero-order valence-corrected chi connectivity index (χ0v) is 25.8. The first kappa shape index (κ1) is 29.7. The summed E-state index contributed by atoms with van der Waals surface area (Å²) >= 11 is 1.63. The van der Waals surface area contributed by atoms with Gasteiger partial charge in [0.2, 0.25) is 0 Å². The topological polar surface area (TPSA) is 131 Å². The van der Waals surface area contributed by atoms with Gasteiger partial charge in [0.05, 0.1) is 22.9 Å². The zero-order valence-electron chi connectivity index (χ0n) is 25.0. The van der Waals surface area contributed by atoms with Gasteiger partial charge in [-0.3, -0.25) is 5.41 Å². The third-order valence-electron chi connectivity index (χ3n) is 9.92. The van der Waals surface area contributed by atoms with E-state index in [-0.39, 0.29) is 35.8 Å². The number of hydrogen-bond acceptors (Lipinski definition) is 9. The van der Waals surface area contributed by atoms with Crippen LogP contribution in [0.2, 0.25) is 0 Å². The van der Waals surface area contributed by atoms with Gasteiger partial charge < -0.3 is 24.7 Å². The van der Waals surface area contributed by atoms with E-state index in [1.807, 2.05) is 6.07 Å². The summed E-state index contributed by atoms with van der Waals surface area (Å²) in [5.41, 5.74) is 6.77. The summed E-state index contributed by atoms with van der Waals surface area (Å²) in [6.45, 7) is 0.226. The van der Waals surface area contributed by atoms with Crippen LogP contribution in [-0.4, -0.2) is 34.5 Å². The molecular weight excluding hydrogens is 617 g/mol. The highest BCUT2D eigenvalue weighted by Gasteiger charge is 2.44. The number of thiazole rings is 1. The van der Waals surface area contributed by atoms with Crippen LogP contribution in [-0.2, 0) is 11.3 Å². The van der Waals surface area contributed by atoms with Gasteiger partial charge in [-0.2, -0.15) is 0 Å². The summed E-state index contributed by atoms with van der Waals surface area (Å²) in [6.07, 6.45) is 3.42. The third-order valence-corrected chi connectivity index (χ3v) is 10.9. The lowest BCUT2D eigenvalue weighted by atomic mass is 9.82. The van der Waals surface area contributed by atoms with Crippen molar-refractivity contribution in [2.75, 3.05) is 5.32 Å². The van der Waals surface area contributed by atoms with Crippen LogP contribution in [0.4, 0.5) is 18.3 Å². The Labute approximate surface area is 267 Å². The van der Waals surface area contributed by atoms with Crippen molar-refractivity contribution >= 4 is 32.5 Å². The van der Waals surface area contributed by atoms with Crippen molar-refractivity contribution in [3.63, 3.8) is 0 Å². The lowest BCUT2D eigenvalue weighted by Crippen LogP contribution is -2.39. The van der Waals surface area contributed by atoms with E-state index in [0.717, 1.165) is 72.3 Å². The minimum atomic E-state index is -4.82. The van der Waals surface area contributed by atoms with E-state index < -0.39 is 6.36 Å². The van der Waals surface area contributed by atoms with Crippen LogP contribution in [0.15, 0.2) is 40.9 Å². The summed E-state index contributed by atoms with van der Waals surface area (Å²) in [5.74, 6) is 7.70. The molecule has 2 atom stereocenters. The predicted octanol–water partition coefficient (Wildman–Crippen LogP) is 7.58. The van der Waals surface area contributed by atoms with Crippen molar-refractivity contribution in [1.29, 1.82) is 5.41 Å². The van der Waals surface area contributed by atoms with Gasteiger partial charge >= 0.3 is 6.36 Å². The predicted molar refractivity (Wildman–Crippen MR) is 168 cm³/mol. The Bertz CT molecular complexity index is 1770. The van der Waals surface area contributed by atoms with Gasteiger partial charge in [-0.1, -0.05) is 28.6 Å². The van der Waals surface area contributed by atoms with E-state index in [9.17, 15) is 13.2 Å². The van der Waals surface area contributed by atoms with E-state index in [1.54, 1.807) is 23.5 Å². The summed E-state index contributed by atoms with van der Waals surface area (Å²) in [6, 6.07) is 10.4. The molecule has 8 rings (SSSR count). The number of nitrogens with two attached hydrogens (primary N) is 1. The second-order valence-electron chi connectivity index (χ2n) is 13.1. The number of para-hydroxylation sites is 1. The van der Waals surface area contributed by atoms with Crippen LogP contribution >= 0.6 is 11.3 Å². The maximum atomic E-state index is 13.2. The molecule has 4 saturated carbocycles. The Balaban J connectivity index is 0.978. The number of nitrogens with one attached hydrogen (secondary N) is 3. The molecule has 5 N–H and O–H groups in total. The normalized spacial score (nSPS) is 24.3. The molecule has 0 spiro atoms. The van der Waals surface area contributed by atoms with Gasteiger partial charge in [0, 0.05) is 28.7 Å². The molecule has 4 aromatic rings. The fourth-order valence-electron chi connectivity index (χ4n) is 7.45. The molecule has 0 amide bonds. The molecule has 2 aromatic carbocycles. The Kier molecular flexibility index (Phi) is 7.45. The fraction of sp³-hybridized carbons (Fsp3) is 0.485. The highest BCUT2D eigenvalue weighted by molar-refractivity contribution is 7.22. The number of hydrogen-bond donors (Lipinski definition) is 4. The molecule has 46 heavy (non-hydrogen) atoms. The maximum Gasteiger partial charge on any atom is 0.573 e. The molecule has 4 aliphatic rings. The molecule has 242 valence electrons. The van der Waals surface area contributed by atoms with Crippen molar-refractivity contribution < 1.29 is 27.2 Å². The van der Waals surface area contributed by atoms with Gasteiger partial charge in [-0.05, 0) is 98.9 Å². The average Bonchev–Trinajstić information content (AvgIpc) is 3.96. The number of anilines is 1. The lowest BCUT2D eigenvalue weighted by molar-refractivity contribution is -0.274. The first-order valence-corrected chi connectivity index (χ1v) is 16.8. The quantitative estimate of drug-likeness (QED) is 0.0597. The number of nitrogens with zero attached hydrogens (tertiary/aromatic N) is 2. The standard InChI is InChI=1S/C33H35F3N6O3S/c34-33(35,36)44-25-4-2-1-3-22(25)28-24(30(45-42-28)17-7-8-17)15-43-21-11-18-9-10-19(12-21)27(18)39-32-40-29-23(16-5-6-16)13-20(31(37)41-38)14-26(29)46-32/h1-4,13-14,16-19,21,27H,5-12,15,38H2,(H2,37,41)(H,39,40). The van der Waals surface area contributed by atoms with E-state index in [4.69, 9.17) is 25.5 Å². The van der Waals surface area contributed by atoms with Crippen LogP contribution < -0.4 is 21.3 Å². The highest BCUT2D eigenvalue weighted by atomic mass is 32.1. The van der Waals surface area contributed by atoms with Crippen molar-refractivity contribution in [3.8, 4) is 17.0 Å².